The molecule has 2 rings (SSSR count). The highest BCUT2D eigenvalue weighted by Crippen LogP contribution is 2.20. The Labute approximate surface area is 173 Å². The topological polar surface area (TPSA) is 64.2 Å². The molecule has 0 aliphatic heterocycles. The van der Waals surface area contributed by atoms with Gasteiger partial charge >= 0.3 is 5.97 Å². The second kappa shape index (κ2) is 10.5. The number of benzene rings is 1. The summed E-state index contributed by atoms with van der Waals surface area (Å²) in [5, 5.41) is 9.40. The second-order valence-corrected chi connectivity index (χ2v) is 7.63. The Balaban J connectivity index is 1.96. The van der Waals surface area contributed by atoms with Gasteiger partial charge in [-0.2, -0.15) is 5.26 Å². The lowest BCUT2D eigenvalue weighted by molar-refractivity contribution is -0.139. The van der Waals surface area contributed by atoms with Crippen molar-refractivity contribution < 1.29 is 14.3 Å². The van der Waals surface area contributed by atoms with Gasteiger partial charge in [0.25, 0.3) is 0 Å². The summed E-state index contributed by atoms with van der Waals surface area (Å²) in [6, 6.07) is 11.6. The van der Waals surface area contributed by atoms with Crippen LogP contribution in [-0.4, -0.2) is 23.8 Å². The maximum absolute atomic E-state index is 12.3. The summed E-state index contributed by atoms with van der Waals surface area (Å²) < 4.78 is 13.0. The van der Waals surface area contributed by atoms with E-state index in [0.29, 0.717) is 5.92 Å². The molecule has 0 aliphatic carbocycles. The van der Waals surface area contributed by atoms with E-state index in [0.717, 1.165) is 41.2 Å². The first-order valence-corrected chi connectivity index (χ1v) is 9.97. The Bertz CT molecular complexity index is 899. The normalized spacial score (nSPS) is 11.4. The van der Waals surface area contributed by atoms with Gasteiger partial charge in [0, 0.05) is 17.9 Å². The monoisotopic (exact) mass is 394 g/mol. The zero-order chi connectivity index (χ0) is 21.4. The number of ether oxygens (including phenoxy) is 2. The fraction of sp³-hybridized carbons (Fsp3) is 0.417. The number of aryl methyl sites for hydroxylation is 2. The van der Waals surface area contributed by atoms with Crippen molar-refractivity contribution in [1.29, 1.82) is 5.26 Å². The van der Waals surface area contributed by atoms with Crippen LogP contribution in [0.2, 0.25) is 0 Å². The predicted octanol–water partition coefficient (Wildman–Crippen LogP) is 4.99. The van der Waals surface area contributed by atoms with Crippen molar-refractivity contribution in [3.05, 3.63) is 58.4 Å². The molecule has 0 bridgehead atoms. The molecule has 0 radical (unpaired) electrons. The predicted molar refractivity (Wildman–Crippen MR) is 115 cm³/mol. The van der Waals surface area contributed by atoms with E-state index < -0.39 is 5.97 Å². The van der Waals surface area contributed by atoms with Crippen molar-refractivity contribution in [3.8, 4) is 11.8 Å². The maximum atomic E-state index is 12.3. The number of esters is 1. The van der Waals surface area contributed by atoms with Gasteiger partial charge in [0.15, 0.2) is 0 Å². The van der Waals surface area contributed by atoms with Crippen LogP contribution >= 0.6 is 0 Å². The molecule has 5 heteroatoms. The van der Waals surface area contributed by atoms with E-state index in [2.05, 4.69) is 18.4 Å². The van der Waals surface area contributed by atoms with E-state index in [9.17, 15) is 10.1 Å². The average molecular weight is 395 g/mol. The number of hydrogen-bond donors (Lipinski definition) is 0. The lowest BCUT2D eigenvalue weighted by Gasteiger charge is -2.11. The third-order valence-electron chi connectivity index (χ3n) is 4.79. The molecule has 1 heterocycles. The Kier molecular flexibility index (Phi) is 8.09. The molecule has 0 saturated heterocycles. The molecule has 0 atom stereocenters. The number of nitriles is 1. The van der Waals surface area contributed by atoms with Crippen LogP contribution in [0.3, 0.4) is 0 Å². The largest absolute Gasteiger partial charge is 0.490 e. The van der Waals surface area contributed by atoms with Crippen LogP contribution < -0.4 is 4.74 Å². The lowest BCUT2D eigenvalue weighted by Crippen LogP contribution is -2.13. The quantitative estimate of drug-likeness (QED) is 0.260. The standard InChI is InChI=1S/C24H30N2O3/c1-17(2)10-11-26-19(4)14-21(20(26)5)15-22(16-25)24(27)29-13-12-28-23-8-6-18(3)7-9-23/h6-9,14-15,17H,10-13H2,1-5H3/b22-15+. The first-order valence-electron chi connectivity index (χ1n) is 9.97. The summed E-state index contributed by atoms with van der Waals surface area (Å²) in [4.78, 5) is 12.3. The number of carbonyl (C=O) groups excluding carboxylic acids is 1. The smallest absolute Gasteiger partial charge is 0.349 e. The van der Waals surface area contributed by atoms with Crippen molar-refractivity contribution in [2.45, 2.75) is 47.6 Å². The molecule has 29 heavy (non-hydrogen) atoms. The third-order valence-corrected chi connectivity index (χ3v) is 4.79. The van der Waals surface area contributed by atoms with E-state index in [4.69, 9.17) is 9.47 Å². The fourth-order valence-electron chi connectivity index (χ4n) is 3.00. The van der Waals surface area contributed by atoms with E-state index >= 15 is 0 Å². The van der Waals surface area contributed by atoms with Gasteiger partial charge in [-0.05, 0) is 62.9 Å². The van der Waals surface area contributed by atoms with Crippen LogP contribution in [0, 0.1) is 38.0 Å². The van der Waals surface area contributed by atoms with Gasteiger partial charge in [-0.15, -0.1) is 0 Å². The van der Waals surface area contributed by atoms with Crippen LogP contribution in [0.4, 0.5) is 0 Å². The molecule has 0 fully saturated rings. The third kappa shape index (κ3) is 6.53. The van der Waals surface area contributed by atoms with Crippen LogP contribution in [0.1, 0.15) is 42.8 Å². The van der Waals surface area contributed by atoms with Crippen LogP contribution in [0.5, 0.6) is 5.75 Å². The molecule has 154 valence electrons. The molecule has 0 unspecified atom stereocenters. The van der Waals surface area contributed by atoms with Crippen LogP contribution in [-0.2, 0) is 16.1 Å². The molecule has 0 spiro atoms. The summed E-state index contributed by atoms with van der Waals surface area (Å²) >= 11 is 0. The van der Waals surface area contributed by atoms with Gasteiger partial charge in [-0.3, -0.25) is 0 Å². The Morgan fingerprint density at radius 2 is 1.86 bits per heavy atom. The second-order valence-electron chi connectivity index (χ2n) is 7.63. The Morgan fingerprint density at radius 1 is 1.17 bits per heavy atom. The van der Waals surface area contributed by atoms with Gasteiger partial charge in [0.2, 0.25) is 0 Å². The van der Waals surface area contributed by atoms with Gasteiger partial charge in [-0.1, -0.05) is 31.5 Å². The summed E-state index contributed by atoms with van der Waals surface area (Å²) in [6.07, 6.45) is 2.69. The van der Waals surface area contributed by atoms with E-state index in [-0.39, 0.29) is 18.8 Å². The van der Waals surface area contributed by atoms with E-state index in [1.807, 2.05) is 57.2 Å². The fourth-order valence-corrected chi connectivity index (χ4v) is 3.00. The van der Waals surface area contributed by atoms with E-state index in [1.54, 1.807) is 6.08 Å². The van der Waals surface area contributed by atoms with Gasteiger partial charge in [0.1, 0.15) is 30.6 Å². The molecule has 5 nitrogen and oxygen atoms in total. The van der Waals surface area contributed by atoms with Crippen molar-refractivity contribution in [1.82, 2.24) is 4.57 Å². The zero-order valence-electron chi connectivity index (χ0n) is 18.0. The molecule has 0 N–H and O–H groups in total. The lowest BCUT2D eigenvalue weighted by atomic mass is 10.1. The van der Waals surface area contributed by atoms with Gasteiger partial charge < -0.3 is 14.0 Å². The minimum Gasteiger partial charge on any atom is -0.490 e. The first-order chi connectivity index (χ1) is 13.8. The van der Waals surface area contributed by atoms with Crippen molar-refractivity contribution >= 4 is 12.0 Å². The first kappa shape index (κ1) is 22.3. The summed E-state index contributed by atoms with van der Waals surface area (Å²) in [5.74, 6) is 0.700. The van der Waals surface area contributed by atoms with Crippen molar-refractivity contribution in [2.24, 2.45) is 5.92 Å². The Morgan fingerprint density at radius 3 is 2.48 bits per heavy atom. The average Bonchev–Trinajstić information content (AvgIpc) is 2.95. The summed E-state index contributed by atoms with van der Waals surface area (Å²) in [5.41, 5.74) is 4.18. The zero-order valence-corrected chi connectivity index (χ0v) is 18.0. The summed E-state index contributed by atoms with van der Waals surface area (Å²) in [6.45, 7) is 11.7. The highest BCUT2D eigenvalue weighted by atomic mass is 16.6. The SMILES string of the molecule is Cc1ccc(OCCOC(=O)/C(C#N)=C/c2cc(C)n(CCC(C)C)c2C)cc1. The molecule has 0 saturated carbocycles. The molecule has 1 aromatic carbocycles. The Hall–Kier alpha value is -3.00. The number of nitrogens with zero attached hydrogens (tertiary/aromatic N) is 2. The molecule has 0 amide bonds. The van der Waals surface area contributed by atoms with Crippen molar-refractivity contribution in [2.75, 3.05) is 13.2 Å². The number of rotatable bonds is 9. The van der Waals surface area contributed by atoms with E-state index in [1.165, 1.54) is 0 Å². The molecule has 1 aromatic heterocycles. The maximum Gasteiger partial charge on any atom is 0.349 e. The highest BCUT2D eigenvalue weighted by molar-refractivity contribution is 5.98. The molecular weight excluding hydrogens is 364 g/mol. The van der Waals surface area contributed by atoms with Crippen LogP contribution in [0.25, 0.3) is 6.08 Å². The minimum atomic E-state index is -0.632. The molecular formula is C24H30N2O3. The van der Waals surface area contributed by atoms with Gasteiger partial charge in [-0.25, -0.2) is 4.79 Å². The number of hydrogen-bond acceptors (Lipinski definition) is 4. The van der Waals surface area contributed by atoms with Crippen molar-refractivity contribution in [3.63, 3.8) is 0 Å². The number of aromatic nitrogens is 1. The highest BCUT2D eigenvalue weighted by Gasteiger charge is 2.14. The van der Waals surface area contributed by atoms with Crippen LogP contribution in [0.15, 0.2) is 35.9 Å². The van der Waals surface area contributed by atoms with Gasteiger partial charge in [0.05, 0.1) is 0 Å². The summed E-state index contributed by atoms with van der Waals surface area (Å²) in [7, 11) is 0. The minimum absolute atomic E-state index is 0.00977. The molecule has 2 aromatic rings. The molecule has 0 aliphatic rings. The number of carbonyl (C=O) groups is 1.